The van der Waals surface area contributed by atoms with Crippen molar-refractivity contribution in [3.8, 4) is 22.9 Å². The van der Waals surface area contributed by atoms with E-state index in [0.29, 0.717) is 17.4 Å². The summed E-state index contributed by atoms with van der Waals surface area (Å²) in [6, 6.07) is 13.0. The lowest BCUT2D eigenvalue weighted by atomic mass is 10.2. The maximum Gasteiger partial charge on any atom is 0.231 e. The molecule has 5 nitrogen and oxygen atoms in total. The van der Waals surface area contributed by atoms with Gasteiger partial charge in [0.2, 0.25) is 6.79 Å². The van der Waals surface area contributed by atoms with Gasteiger partial charge in [0.05, 0.1) is 5.56 Å². The molecular formula is C19H16FN3O2S. The summed E-state index contributed by atoms with van der Waals surface area (Å²) >= 11 is 1.61. The minimum atomic E-state index is -0.269. The molecule has 0 saturated heterocycles. The van der Waals surface area contributed by atoms with Crippen LogP contribution in [0, 0.1) is 5.82 Å². The SMILES string of the molecule is Fc1ccccc1-c1nnc(SCc2ccc3c(c2)OCO3)n1C1CC1. The van der Waals surface area contributed by atoms with Crippen LogP contribution in [0.4, 0.5) is 4.39 Å². The molecule has 7 heteroatoms. The van der Waals surface area contributed by atoms with E-state index in [1.807, 2.05) is 24.3 Å². The summed E-state index contributed by atoms with van der Waals surface area (Å²) in [6.45, 7) is 0.272. The van der Waals surface area contributed by atoms with E-state index < -0.39 is 0 Å². The van der Waals surface area contributed by atoms with Crippen molar-refractivity contribution < 1.29 is 13.9 Å². The normalized spacial score (nSPS) is 15.4. The highest BCUT2D eigenvalue weighted by atomic mass is 32.2. The quantitative estimate of drug-likeness (QED) is 0.622. The van der Waals surface area contributed by atoms with Crippen LogP contribution in [0.5, 0.6) is 11.5 Å². The lowest BCUT2D eigenvalue weighted by Gasteiger charge is -2.09. The van der Waals surface area contributed by atoms with Gasteiger partial charge in [0.15, 0.2) is 22.5 Å². The Kier molecular flexibility index (Phi) is 3.81. The zero-order chi connectivity index (χ0) is 17.5. The van der Waals surface area contributed by atoms with Crippen LogP contribution in [0.25, 0.3) is 11.4 Å². The number of ether oxygens (including phenoxy) is 2. The van der Waals surface area contributed by atoms with E-state index in [-0.39, 0.29) is 12.6 Å². The third-order valence-corrected chi connectivity index (χ3v) is 5.51. The first kappa shape index (κ1) is 15.7. The Morgan fingerprint density at radius 3 is 2.77 bits per heavy atom. The van der Waals surface area contributed by atoms with Gasteiger partial charge in [0, 0.05) is 11.8 Å². The van der Waals surface area contributed by atoms with Crippen molar-refractivity contribution >= 4 is 11.8 Å². The topological polar surface area (TPSA) is 49.2 Å². The molecule has 1 aliphatic carbocycles. The van der Waals surface area contributed by atoms with Gasteiger partial charge in [-0.25, -0.2) is 4.39 Å². The third-order valence-electron chi connectivity index (χ3n) is 4.50. The number of halogens is 1. The van der Waals surface area contributed by atoms with Crippen LogP contribution >= 0.6 is 11.8 Å². The van der Waals surface area contributed by atoms with Crippen LogP contribution in [0.2, 0.25) is 0 Å². The minimum absolute atomic E-state index is 0.269. The van der Waals surface area contributed by atoms with Gasteiger partial charge < -0.3 is 9.47 Å². The maximum atomic E-state index is 14.2. The molecule has 2 aromatic carbocycles. The van der Waals surface area contributed by atoms with E-state index in [2.05, 4.69) is 14.8 Å². The lowest BCUT2D eigenvalue weighted by molar-refractivity contribution is 0.174. The number of fused-ring (bicyclic) bond motifs is 1. The first-order valence-corrected chi connectivity index (χ1v) is 9.49. The van der Waals surface area contributed by atoms with E-state index in [4.69, 9.17) is 9.47 Å². The fourth-order valence-electron chi connectivity index (χ4n) is 3.04. The van der Waals surface area contributed by atoms with Crippen LogP contribution in [-0.2, 0) is 5.75 Å². The highest BCUT2D eigenvalue weighted by molar-refractivity contribution is 7.98. The van der Waals surface area contributed by atoms with Crippen LogP contribution in [-0.4, -0.2) is 21.6 Å². The summed E-state index contributed by atoms with van der Waals surface area (Å²) in [7, 11) is 0. The second kappa shape index (κ2) is 6.32. The number of hydrogen-bond acceptors (Lipinski definition) is 5. The number of aromatic nitrogens is 3. The molecule has 5 rings (SSSR count). The van der Waals surface area contributed by atoms with Crippen molar-refractivity contribution in [1.82, 2.24) is 14.8 Å². The highest BCUT2D eigenvalue weighted by Crippen LogP contribution is 2.42. The van der Waals surface area contributed by atoms with Gasteiger partial charge >= 0.3 is 0 Å². The second-order valence-electron chi connectivity index (χ2n) is 6.36. The summed E-state index contributed by atoms with van der Waals surface area (Å²) in [5.74, 6) is 2.63. The molecule has 0 spiro atoms. The van der Waals surface area contributed by atoms with Crippen molar-refractivity contribution in [3.05, 3.63) is 53.8 Å². The molecule has 1 fully saturated rings. The van der Waals surface area contributed by atoms with Crippen LogP contribution < -0.4 is 9.47 Å². The molecule has 1 aliphatic heterocycles. The molecule has 26 heavy (non-hydrogen) atoms. The van der Waals surface area contributed by atoms with E-state index in [1.54, 1.807) is 23.9 Å². The zero-order valence-corrected chi connectivity index (χ0v) is 14.7. The number of rotatable bonds is 5. The first-order valence-electron chi connectivity index (χ1n) is 8.51. The molecule has 0 bridgehead atoms. The summed E-state index contributed by atoms with van der Waals surface area (Å²) in [5.41, 5.74) is 1.62. The fraction of sp³-hybridized carbons (Fsp3) is 0.263. The Morgan fingerprint density at radius 2 is 1.92 bits per heavy atom. The summed E-state index contributed by atoms with van der Waals surface area (Å²) in [5, 5.41) is 9.44. The van der Waals surface area contributed by atoms with E-state index in [9.17, 15) is 4.39 Å². The van der Waals surface area contributed by atoms with Gasteiger partial charge in [-0.15, -0.1) is 10.2 Å². The monoisotopic (exact) mass is 369 g/mol. The Hall–Kier alpha value is -2.54. The lowest BCUT2D eigenvalue weighted by Crippen LogP contribution is -2.01. The van der Waals surface area contributed by atoms with Gasteiger partial charge in [-0.05, 0) is 42.7 Å². The average Bonchev–Trinajstić information content (AvgIpc) is 3.24. The van der Waals surface area contributed by atoms with Gasteiger partial charge in [-0.3, -0.25) is 4.57 Å². The van der Waals surface area contributed by atoms with Crippen molar-refractivity contribution in [3.63, 3.8) is 0 Å². The standard InChI is InChI=1S/C19H16FN3O2S/c20-15-4-2-1-3-14(15)18-21-22-19(23(18)13-6-7-13)26-10-12-5-8-16-17(9-12)25-11-24-16/h1-5,8-9,13H,6-7,10-11H2. The van der Waals surface area contributed by atoms with Crippen molar-refractivity contribution in [2.75, 3.05) is 6.79 Å². The predicted octanol–water partition coefficient (Wildman–Crippen LogP) is 4.44. The van der Waals surface area contributed by atoms with Gasteiger partial charge in [0.25, 0.3) is 0 Å². The smallest absolute Gasteiger partial charge is 0.231 e. The van der Waals surface area contributed by atoms with Gasteiger partial charge in [-0.1, -0.05) is 30.0 Å². The number of thioether (sulfide) groups is 1. The Bertz CT molecular complexity index is 971. The van der Waals surface area contributed by atoms with Crippen molar-refractivity contribution in [2.45, 2.75) is 29.8 Å². The average molecular weight is 369 g/mol. The maximum absolute atomic E-state index is 14.2. The predicted molar refractivity (Wildman–Crippen MR) is 95.8 cm³/mol. The minimum Gasteiger partial charge on any atom is -0.454 e. The molecule has 0 radical (unpaired) electrons. The molecule has 0 amide bonds. The first-order chi connectivity index (χ1) is 12.8. The molecule has 3 aromatic rings. The molecule has 2 heterocycles. The molecule has 0 atom stereocenters. The summed E-state index contributed by atoms with van der Waals surface area (Å²) < 4.78 is 27.1. The summed E-state index contributed by atoms with van der Waals surface area (Å²) in [6.07, 6.45) is 2.16. The highest BCUT2D eigenvalue weighted by Gasteiger charge is 2.31. The number of hydrogen-bond donors (Lipinski definition) is 0. The Balaban J connectivity index is 1.42. The largest absolute Gasteiger partial charge is 0.454 e. The van der Waals surface area contributed by atoms with E-state index >= 15 is 0 Å². The molecular weight excluding hydrogens is 353 g/mol. The molecule has 0 N–H and O–H groups in total. The van der Waals surface area contributed by atoms with Crippen LogP contribution in [0.1, 0.15) is 24.4 Å². The number of nitrogens with zero attached hydrogens (tertiary/aromatic N) is 3. The van der Waals surface area contributed by atoms with Gasteiger partial charge in [0.1, 0.15) is 5.82 Å². The fourth-order valence-corrected chi connectivity index (χ4v) is 3.99. The Morgan fingerprint density at radius 1 is 1.08 bits per heavy atom. The third kappa shape index (κ3) is 2.82. The van der Waals surface area contributed by atoms with Crippen molar-refractivity contribution in [1.29, 1.82) is 0 Å². The van der Waals surface area contributed by atoms with Crippen LogP contribution in [0.3, 0.4) is 0 Å². The molecule has 0 unspecified atom stereocenters. The zero-order valence-electron chi connectivity index (χ0n) is 13.9. The van der Waals surface area contributed by atoms with E-state index in [1.165, 1.54) is 6.07 Å². The molecule has 1 aromatic heterocycles. The number of benzene rings is 2. The van der Waals surface area contributed by atoms with Crippen LogP contribution in [0.15, 0.2) is 47.6 Å². The van der Waals surface area contributed by atoms with Gasteiger partial charge in [-0.2, -0.15) is 0 Å². The molecule has 132 valence electrons. The van der Waals surface area contributed by atoms with E-state index in [0.717, 1.165) is 40.8 Å². The second-order valence-corrected chi connectivity index (χ2v) is 7.31. The van der Waals surface area contributed by atoms with Crippen molar-refractivity contribution in [2.24, 2.45) is 0 Å². The molecule has 1 saturated carbocycles. The Labute approximate surface area is 154 Å². The summed E-state index contributed by atoms with van der Waals surface area (Å²) in [4.78, 5) is 0. The molecule has 2 aliphatic rings.